The van der Waals surface area contributed by atoms with Crippen molar-refractivity contribution in [3.63, 3.8) is 0 Å². The van der Waals surface area contributed by atoms with E-state index in [0.29, 0.717) is 6.54 Å². The van der Waals surface area contributed by atoms with Crippen LogP contribution >= 0.6 is 0 Å². The summed E-state index contributed by atoms with van der Waals surface area (Å²) in [7, 11) is 1.45. The monoisotopic (exact) mass is 255 g/mol. The molecule has 0 aromatic heterocycles. The quantitative estimate of drug-likeness (QED) is 0.586. The fraction of sp³-hybridized carbons (Fsp3) is 0.933. The maximum Gasteiger partial charge on any atom is 0.312 e. The predicted octanol–water partition coefficient (Wildman–Crippen LogP) is 2.99. The van der Waals surface area contributed by atoms with E-state index in [9.17, 15) is 4.79 Å². The lowest BCUT2D eigenvalue weighted by atomic mass is 9.81. The molecule has 0 aromatic rings. The zero-order chi connectivity index (χ0) is 13.6. The summed E-state index contributed by atoms with van der Waals surface area (Å²) in [5.74, 6) is 1.67. The van der Waals surface area contributed by atoms with Gasteiger partial charge in [0.05, 0.1) is 12.5 Å². The van der Waals surface area contributed by atoms with Crippen molar-refractivity contribution in [1.82, 2.24) is 5.32 Å². The Kier molecular flexibility index (Phi) is 6.13. The van der Waals surface area contributed by atoms with Crippen molar-refractivity contribution in [3.05, 3.63) is 0 Å². The van der Waals surface area contributed by atoms with Crippen LogP contribution in [0.5, 0.6) is 0 Å². The summed E-state index contributed by atoms with van der Waals surface area (Å²) in [5, 5.41) is 3.40. The number of rotatable bonds is 6. The first-order valence-electron chi connectivity index (χ1n) is 7.25. The number of nitrogens with one attached hydrogen (secondary N) is 1. The number of carbonyl (C=O) groups excluding carboxylic acids is 1. The molecule has 0 aliphatic heterocycles. The Bertz CT molecular complexity index is 255. The smallest absolute Gasteiger partial charge is 0.312 e. The predicted molar refractivity (Wildman–Crippen MR) is 74.4 cm³/mol. The minimum absolute atomic E-state index is 0.138. The first-order chi connectivity index (χ1) is 8.45. The topological polar surface area (TPSA) is 38.3 Å². The van der Waals surface area contributed by atoms with Crippen LogP contribution in [0, 0.1) is 17.3 Å². The van der Waals surface area contributed by atoms with Gasteiger partial charge in [0.2, 0.25) is 0 Å². The molecule has 0 spiro atoms. The van der Waals surface area contributed by atoms with Crippen LogP contribution in [0.1, 0.15) is 52.9 Å². The lowest BCUT2D eigenvalue weighted by Crippen LogP contribution is -2.37. The minimum Gasteiger partial charge on any atom is -0.469 e. The van der Waals surface area contributed by atoms with Gasteiger partial charge in [-0.25, -0.2) is 0 Å². The van der Waals surface area contributed by atoms with Crippen molar-refractivity contribution in [3.8, 4) is 0 Å². The molecular formula is C15H29NO2. The first kappa shape index (κ1) is 15.5. The third-order valence-corrected chi connectivity index (χ3v) is 4.17. The van der Waals surface area contributed by atoms with Gasteiger partial charge in [-0.05, 0) is 38.6 Å². The molecular weight excluding hydrogens is 226 g/mol. The van der Waals surface area contributed by atoms with E-state index in [4.69, 9.17) is 4.74 Å². The summed E-state index contributed by atoms with van der Waals surface area (Å²) in [6.07, 6.45) is 6.77. The van der Waals surface area contributed by atoms with Crippen molar-refractivity contribution in [1.29, 1.82) is 0 Å². The molecule has 1 aliphatic carbocycles. The average molecular weight is 255 g/mol. The first-order valence-corrected chi connectivity index (χ1v) is 7.25. The maximum atomic E-state index is 11.5. The second kappa shape index (κ2) is 7.13. The van der Waals surface area contributed by atoms with Gasteiger partial charge in [0, 0.05) is 6.54 Å². The molecule has 106 valence electrons. The van der Waals surface area contributed by atoms with Gasteiger partial charge < -0.3 is 10.1 Å². The summed E-state index contributed by atoms with van der Waals surface area (Å²) in [4.78, 5) is 11.5. The maximum absolute atomic E-state index is 11.5. The molecule has 0 amide bonds. The van der Waals surface area contributed by atoms with Gasteiger partial charge in [-0.1, -0.05) is 32.6 Å². The molecule has 1 saturated carbocycles. The van der Waals surface area contributed by atoms with E-state index in [1.54, 1.807) is 0 Å². The molecule has 1 aliphatic rings. The second-order valence-corrected chi connectivity index (χ2v) is 6.47. The van der Waals surface area contributed by atoms with E-state index >= 15 is 0 Å². The standard InChI is InChI=1S/C15H29NO2/c1-12-5-7-13(8-6-12)9-10-16-11-15(2,3)14(17)18-4/h12-13,16H,5-11H2,1-4H3. The summed E-state index contributed by atoms with van der Waals surface area (Å²) in [6, 6.07) is 0. The molecule has 3 heteroatoms. The molecule has 3 nitrogen and oxygen atoms in total. The van der Waals surface area contributed by atoms with E-state index in [2.05, 4.69) is 12.2 Å². The Morgan fingerprint density at radius 1 is 1.28 bits per heavy atom. The molecule has 0 unspecified atom stereocenters. The summed E-state index contributed by atoms with van der Waals surface area (Å²) in [5.41, 5.74) is -0.421. The highest BCUT2D eigenvalue weighted by atomic mass is 16.5. The van der Waals surface area contributed by atoms with E-state index in [-0.39, 0.29) is 5.97 Å². The molecule has 1 fully saturated rings. The zero-order valence-corrected chi connectivity index (χ0v) is 12.4. The normalized spacial score (nSPS) is 24.9. The summed E-state index contributed by atoms with van der Waals surface area (Å²) < 4.78 is 4.79. The van der Waals surface area contributed by atoms with Crippen molar-refractivity contribution >= 4 is 5.97 Å². The van der Waals surface area contributed by atoms with Crippen LogP contribution in [0.2, 0.25) is 0 Å². The van der Waals surface area contributed by atoms with Crippen LogP contribution in [-0.4, -0.2) is 26.2 Å². The van der Waals surface area contributed by atoms with Crippen molar-refractivity contribution in [2.24, 2.45) is 17.3 Å². The van der Waals surface area contributed by atoms with Gasteiger partial charge in [0.15, 0.2) is 0 Å². The van der Waals surface area contributed by atoms with Gasteiger partial charge >= 0.3 is 5.97 Å². The number of carbonyl (C=O) groups is 1. The molecule has 0 aromatic carbocycles. The van der Waals surface area contributed by atoms with E-state index < -0.39 is 5.41 Å². The van der Waals surface area contributed by atoms with Gasteiger partial charge in [0.25, 0.3) is 0 Å². The Balaban J connectivity index is 2.13. The Morgan fingerprint density at radius 2 is 1.89 bits per heavy atom. The van der Waals surface area contributed by atoms with Crippen molar-refractivity contribution in [2.75, 3.05) is 20.2 Å². The molecule has 0 heterocycles. The van der Waals surface area contributed by atoms with Crippen LogP contribution in [0.15, 0.2) is 0 Å². The highest BCUT2D eigenvalue weighted by Gasteiger charge is 2.28. The van der Waals surface area contributed by atoms with Crippen molar-refractivity contribution in [2.45, 2.75) is 52.9 Å². The summed E-state index contributed by atoms with van der Waals surface area (Å²) >= 11 is 0. The van der Waals surface area contributed by atoms with Crippen LogP contribution in [0.25, 0.3) is 0 Å². The Labute approximate surface area is 112 Å². The Hall–Kier alpha value is -0.570. The number of esters is 1. The van der Waals surface area contributed by atoms with Crippen LogP contribution < -0.4 is 5.32 Å². The number of methoxy groups -OCH3 is 1. The van der Waals surface area contributed by atoms with Crippen molar-refractivity contribution < 1.29 is 9.53 Å². The molecule has 1 N–H and O–H groups in total. The molecule has 0 atom stereocenters. The molecule has 0 saturated heterocycles. The molecule has 0 bridgehead atoms. The van der Waals surface area contributed by atoms with E-state index in [0.717, 1.165) is 18.4 Å². The lowest BCUT2D eigenvalue weighted by molar-refractivity contribution is -0.150. The van der Waals surface area contributed by atoms with Gasteiger partial charge in [-0.3, -0.25) is 4.79 Å². The Morgan fingerprint density at radius 3 is 2.44 bits per heavy atom. The van der Waals surface area contributed by atoms with Crippen LogP contribution in [0.4, 0.5) is 0 Å². The molecule has 0 radical (unpaired) electrons. The largest absolute Gasteiger partial charge is 0.469 e. The summed E-state index contributed by atoms with van der Waals surface area (Å²) in [6.45, 7) is 7.91. The second-order valence-electron chi connectivity index (χ2n) is 6.47. The third kappa shape index (κ3) is 4.97. The number of ether oxygens (including phenoxy) is 1. The highest BCUT2D eigenvalue weighted by Crippen LogP contribution is 2.30. The minimum atomic E-state index is -0.421. The SMILES string of the molecule is COC(=O)C(C)(C)CNCCC1CCC(C)CC1. The number of hydrogen-bond donors (Lipinski definition) is 1. The average Bonchev–Trinajstić information content (AvgIpc) is 2.35. The van der Waals surface area contributed by atoms with Crippen LogP contribution in [0.3, 0.4) is 0 Å². The van der Waals surface area contributed by atoms with Crippen LogP contribution in [-0.2, 0) is 9.53 Å². The van der Waals surface area contributed by atoms with Gasteiger partial charge in [-0.2, -0.15) is 0 Å². The molecule has 18 heavy (non-hydrogen) atoms. The highest BCUT2D eigenvalue weighted by molar-refractivity contribution is 5.76. The van der Waals surface area contributed by atoms with Gasteiger partial charge in [-0.15, -0.1) is 0 Å². The lowest BCUT2D eigenvalue weighted by Gasteiger charge is -2.27. The number of hydrogen-bond acceptors (Lipinski definition) is 3. The van der Waals surface area contributed by atoms with Gasteiger partial charge in [0.1, 0.15) is 0 Å². The fourth-order valence-corrected chi connectivity index (χ4v) is 2.67. The fourth-order valence-electron chi connectivity index (χ4n) is 2.67. The third-order valence-electron chi connectivity index (χ3n) is 4.17. The van der Waals surface area contributed by atoms with E-state index in [1.807, 2.05) is 13.8 Å². The molecule has 1 rings (SSSR count). The van der Waals surface area contributed by atoms with E-state index in [1.165, 1.54) is 39.2 Å². The zero-order valence-electron chi connectivity index (χ0n) is 12.4.